The van der Waals surface area contributed by atoms with E-state index in [4.69, 9.17) is 4.42 Å². The summed E-state index contributed by atoms with van der Waals surface area (Å²) in [6.07, 6.45) is 9.02. The summed E-state index contributed by atoms with van der Waals surface area (Å²) in [4.78, 5) is 11.9. The van der Waals surface area contributed by atoms with E-state index in [0.29, 0.717) is 18.6 Å². The van der Waals surface area contributed by atoms with Crippen LogP contribution < -0.4 is 5.32 Å². The first kappa shape index (κ1) is 15.3. The molecule has 0 radical (unpaired) electrons. The molecule has 1 N–H and O–H groups in total. The minimum Gasteiger partial charge on any atom is -0.465 e. The highest BCUT2D eigenvalue weighted by atomic mass is 32.2. The van der Waals surface area contributed by atoms with E-state index >= 15 is 0 Å². The van der Waals surface area contributed by atoms with Crippen LogP contribution in [0.5, 0.6) is 0 Å². The van der Waals surface area contributed by atoms with Crippen molar-refractivity contribution in [1.82, 2.24) is 9.62 Å². The zero-order chi connectivity index (χ0) is 15.7. The average Bonchev–Trinajstić information content (AvgIpc) is 3.03. The number of nitrogens with zero attached hydrogens (tertiary/aromatic N) is 1. The van der Waals surface area contributed by atoms with Gasteiger partial charge in [0.25, 0.3) is 0 Å². The predicted octanol–water partition coefficient (Wildman–Crippen LogP) is 1.36. The van der Waals surface area contributed by atoms with Gasteiger partial charge in [0.2, 0.25) is 15.9 Å². The summed E-state index contributed by atoms with van der Waals surface area (Å²) in [6, 6.07) is 3.61. The van der Waals surface area contributed by atoms with Crippen molar-refractivity contribution >= 4 is 22.0 Å². The zero-order valence-corrected chi connectivity index (χ0v) is 13.3. The molecule has 0 saturated carbocycles. The molecule has 22 heavy (non-hydrogen) atoms. The van der Waals surface area contributed by atoms with Crippen LogP contribution in [0.3, 0.4) is 0 Å². The molecule has 2 atom stereocenters. The van der Waals surface area contributed by atoms with E-state index in [2.05, 4.69) is 5.32 Å². The molecule has 0 aromatic carbocycles. The highest BCUT2D eigenvalue weighted by Crippen LogP contribution is 2.37. The molecule has 2 fully saturated rings. The van der Waals surface area contributed by atoms with Crippen LogP contribution in [0.4, 0.5) is 0 Å². The Morgan fingerprint density at radius 2 is 2.05 bits per heavy atom. The van der Waals surface area contributed by atoms with Crippen molar-refractivity contribution in [3.05, 3.63) is 30.2 Å². The monoisotopic (exact) mass is 324 g/mol. The molecule has 2 aliphatic rings. The summed E-state index contributed by atoms with van der Waals surface area (Å²) < 4.78 is 30.4. The van der Waals surface area contributed by atoms with Crippen molar-refractivity contribution in [3.8, 4) is 0 Å². The molecule has 3 heterocycles. The lowest BCUT2D eigenvalue weighted by atomic mass is 10.00. The first-order valence-electron chi connectivity index (χ1n) is 7.44. The zero-order valence-electron chi connectivity index (χ0n) is 12.4. The fourth-order valence-electron chi connectivity index (χ4n) is 3.59. The molecule has 1 aromatic heterocycles. The van der Waals surface area contributed by atoms with Crippen molar-refractivity contribution in [3.63, 3.8) is 0 Å². The van der Waals surface area contributed by atoms with Crippen LogP contribution >= 0.6 is 0 Å². The number of hydrogen-bond acceptors (Lipinski definition) is 4. The first-order chi connectivity index (χ1) is 10.4. The van der Waals surface area contributed by atoms with Crippen LogP contribution in [0.25, 0.3) is 6.08 Å². The molecule has 0 aliphatic carbocycles. The van der Waals surface area contributed by atoms with Crippen molar-refractivity contribution < 1.29 is 17.6 Å². The summed E-state index contributed by atoms with van der Waals surface area (Å²) in [5.41, 5.74) is 0. The highest BCUT2D eigenvalue weighted by Gasteiger charge is 2.45. The fraction of sp³-hybridized carbons (Fsp3) is 0.533. The molecule has 1 aromatic rings. The number of nitrogens with one attached hydrogen (secondary N) is 1. The Kier molecular flexibility index (Phi) is 4.10. The molecule has 120 valence electrons. The topological polar surface area (TPSA) is 79.6 Å². The lowest BCUT2D eigenvalue weighted by Crippen LogP contribution is -2.51. The second kappa shape index (κ2) is 5.89. The van der Waals surface area contributed by atoms with Gasteiger partial charge >= 0.3 is 0 Å². The van der Waals surface area contributed by atoms with E-state index in [9.17, 15) is 13.2 Å². The quantitative estimate of drug-likeness (QED) is 0.848. The van der Waals surface area contributed by atoms with Gasteiger partial charge in [-0.25, -0.2) is 8.42 Å². The molecule has 3 rings (SSSR count). The number of hydrogen-bond donors (Lipinski definition) is 1. The Morgan fingerprint density at radius 3 is 2.59 bits per heavy atom. The molecule has 7 heteroatoms. The van der Waals surface area contributed by atoms with Gasteiger partial charge in [0.15, 0.2) is 0 Å². The predicted molar refractivity (Wildman–Crippen MR) is 82.4 cm³/mol. The van der Waals surface area contributed by atoms with Crippen molar-refractivity contribution in [1.29, 1.82) is 0 Å². The van der Waals surface area contributed by atoms with Crippen LogP contribution in [-0.4, -0.2) is 43.0 Å². The molecular weight excluding hydrogens is 304 g/mol. The van der Waals surface area contributed by atoms with E-state index in [0.717, 1.165) is 12.8 Å². The van der Waals surface area contributed by atoms with Crippen LogP contribution in [0.2, 0.25) is 0 Å². The summed E-state index contributed by atoms with van der Waals surface area (Å²) in [7, 11) is -3.16. The standard InChI is InChI=1S/C15H20N2O4S/c1-22(19,20)17-12-4-5-13(17)10-11(9-12)16-15(18)7-6-14-3-2-8-21-14/h2-3,6-8,11-13H,4-5,9-10H2,1H3,(H,16,18)/b7-6+/t12-,13-/m0/s1. The smallest absolute Gasteiger partial charge is 0.244 e. The van der Waals surface area contributed by atoms with E-state index in [-0.39, 0.29) is 24.0 Å². The number of amides is 1. The van der Waals surface area contributed by atoms with Gasteiger partial charge in [0.1, 0.15) is 5.76 Å². The van der Waals surface area contributed by atoms with E-state index in [1.165, 1.54) is 12.3 Å². The largest absolute Gasteiger partial charge is 0.465 e. The molecule has 1 amide bonds. The Bertz CT molecular complexity index is 652. The van der Waals surface area contributed by atoms with Gasteiger partial charge in [-0.15, -0.1) is 0 Å². The number of sulfonamides is 1. The first-order valence-corrected chi connectivity index (χ1v) is 9.29. The van der Waals surface area contributed by atoms with Gasteiger partial charge in [-0.3, -0.25) is 4.79 Å². The van der Waals surface area contributed by atoms with Gasteiger partial charge in [-0.05, 0) is 43.9 Å². The summed E-state index contributed by atoms with van der Waals surface area (Å²) in [5, 5.41) is 2.97. The lowest BCUT2D eigenvalue weighted by molar-refractivity contribution is -0.117. The third kappa shape index (κ3) is 3.25. The SMILES string of the molecule is CS(=O)(=O)N1[C@H]2CC[C@H]1CC(NC(=O)/C=C/c1ccco1)C2. The number of furan rings is 1. The highest BCUT2D eigenvalue weighted by molar-refractivity contribution is 7.88. The maximum absolute atomic E-state index is 11.9. The molecule has 2 bridgehead atoms. The van der Waals surface area contributed by atoms with Gasteiger partial charge in [-0.2, -0.15) is 4.31 Å². The number of rotatable bonds is 4. The third-order valence-electron chi connectivity index (χ3n) is 4.34. The summed E-state index contributed by atoms with van der Waals surface area (Å²) >= 11 is 0. The second-order valence-electron chi connectivity index (χ2n) is 6.00. The maximum Gasteiger partial charge on any atom is 0.244 e. The van der Waals surface area contributed by atoms with Gasteiger partial charge in [0.05, 0.1) is 12.5 Å². The third-order valence-corrected chi connectivity index (χ3v) is 5.70. The van der Waals surface area contributed by atoms with Crippen LogP contribution in [-0.2, 0) is 14.8 Å². The van der Waals surface area contributed by atoms with Crippen molar-refractivity contribution in [2.75, 3.05) is 6.26 Å². The molecule has 0 unspecified atom stereocenters. The van der Waals surface area contributed by atoms with Gasteiger partial charge < -0.3 is 9.73 Å². The Balaban J connectivity index is 1.59. The molecule has 0 spiro atoms. The lowest BCUT2D eigenvalue weighted by Gasteiger charge is -2.37. The Morgan fingerprint density at radius 1 is 1.36 bits per heavy atom. The van der Waals surface area contributed by atoms with E-state index in [1.54, 1.807) is 28.8 Å². The normalized spacial score (nSPS) is 29.0. The molecule has 2 aliphatic heterocycles. The Labute approximate surface area is 130 Å². The minimum atomic E-state index is -3.16. The number of carbonyl (C=O) groups is 1. The Hall–Kier alpha value is -1.60. The van der Waals surface area contributed by atoms with Crippen molar-refractivity contribution in [2.45, 2.75) is 43.8 Å². The number of piperidine rings is 1. The van der Waals surface area contributed by atoms with Crippen LogP contribution in [0.15, 0.2) is 28.9 Å². The summed E-state index contributed by atoms with van der Waals surface area (Å²) in [5.74, 6) is 0.454. The van der Waals surface area contributed by atoms with Crippen LogP contribution in [0.1, 0.15) is 31.4 Å². The number of fused-ring (bicyclic) bond motifs is 2. The van der Waals surface area contributed by atoms with E-state index < -0.39 is 10.0 Å². The number of carbonyl (C=O) groups excluding carboxylic acids is 1. The van der Waals surface area contributed by atoms with Gasteiger partial charge in [0, 0.05) is 24.2 Å². The van der Waals surface area contributed by atoms with Gasteiger partial charge in [-0.1, -0.05) is 0 Å². The fourth-order valence-corrected chi connectivity index (χ4v) is 5.05. The van der Waals surface area contributed by atoms with Crippen LogP contribution in [0, 0.1) is 0 Å². The maximum atomic E-state index is 11.9. The summed E-state index contributed by atoms with van der Waals surface area (Å²) in [6.45, 7) is 0. The van der Waals surface area contributed by atoms with E-state index in [1.807, 2.05) is 0 Å². The second-order valence-corrected chi connectivity index (χ2v) is 7.89. The average molecular weight is 324 g/mol. The minimum absolute atomic E-state index is 0.0214. The molecule has 6 nitrogen and oxygen atoms in total. The molecule has 2 saturated heterocycles. The molecular formula is C15H20N2O4S. The van der Waals surface area contributed by atoms with Crippen molar-refractivity contribution in [2.24, 2.45) is 0 Å².